The van der Waals surface area contributed by atoms with Crippen LogP contribution in [0.2, 0.25) is 0 Å². The molecule has 4 nitrogen and oxygen atoms in total. The maximum Gasteiger partial charge on any atom is 0.573 e. The van der Waals surface area contributed by atoms with Crippen LogP contribution in [-0.4, -0.2) is 16.3 Å². The fraction of sp³-hybridized carbons (Fsp3) is 0.0769. The number of ether oxygens (including phenoxy) is 1. The Balaban J connectivity index is 1.38. The fourth-order valence-electron chi connectivity index (χ4n) is 3.83. The number of hydrogen-bond acceptors (Lipinski definition) is 2. The van der Waals surface area contributed by atoms with E-state index < -0.39 is 18.0 Å². The van der Waals surface area contributed by atoms with Gasteiger partial charge in [-0.3, -0.25) is 0 Å². The van der Waals surface area contributed by atoms with Crippen LogP contribution < -0.4 is 9.30 Å². The second-order valence-corrected chi connectivity index (χ2v) is 7.84. The average Bonchev–Trinajstić information content (AvgIpc) is 3.24. The lowest BCUT2D eigenvalue weighted by Crippen LogP contribution is -2.33. The lowest BCUT2D eigenvalue weighted by molar-refractivity contribution is -0.687. The van der Waals surface area contributed by atoms with Crippen LogP contribution in [0, 0.1) is 11.6 Å². The van der Waals surface area contributed by atoms with Crippen molar-refractivity contribution in [1.82, 2.24) is 9.97 Å². The molecule has 9 heteroatoms. The van der Waals surface area contributed by atoms with Crippen LogP contribution in [0.15, 0.2) is 85.2 Å². The Kier molecular flexibility index (Phi) is 5.68. The summed E-state index contributed by atoms with van der Waals surface area (Å²) in [7, 11) is 0. The quantitative estimate of drug-likeness (QED) is 0.232. The Hall–Kier alpha value is -4.27. The zero-order valence-electron chi connectivity index (χ0n) is 18.0. The SMILES string of the molecule is Fc1cccc(-c2nc3cc[n+](Cc4ccc(-c5ccccc5OC(F)(F)F)cc4)cc3[nH]2)c1F. The van der Waals surface area contributed by atoms with E-state index in [1.165, 1.54) is 24.3 Å². The van der Waals surface area contributed by atoms with E-state index in [2.05, 4.69) is 14.7 Å². The summed E-state index contributed by atoms with van der Waals surface area (Å²) in [6, 6.07) is 18.7. The molecular formula is C26H17F5N3O+. The molecule has 0 aliphatic rings. The molecular weight excluding hydrogens is 465 g/mol. The first-order valence-corrected chi connectivity index (χ1v) is 10.5. The van der Waals surface area contributed by atoms with E-state index in [1.54, 1.807) is 42.7 Å². The van der Waals surface area contributed by atoms with Gasteiger partial charge in [0.25, 0.3) is 0 Å². The van der Waals surface area contributed by atoms with Gasteiger partial charge in [-0.25, -0.2) is 13.8 Å². The molecule has 0 unspecified atom stereocenters. The third-order valence-electron chi connectivity index (χ3n) is 5.43. The van der Waals surface area contributed by atoms with Gasteiger partial charge in [0.1, 0.15) is 22.6 Å². The van der Waals surface area contributed by atoms with E-state index >= 15 is 0 Å². The Morgan fingerprint density at radius 2 is 1.60 bits per heavy atom. The third kappa shape index (κ3) is 4.84. The Morgan fingerprint density at radius 3 is 2.37 bits per heavy atom. The first-order chi connectivity index (χ1) is 16.8. The Morgan fingerprint density at radius 1 is 0.857 bits per heavy atom. The fourth-order valence-corrected chi connectivity index (χ4v) is 3.83. The Bertz CT molecular complexity index is 1510. The van der Waals surface area contributed by atoms with Crippen molar-refractivity contribution in [2.75, 3.05) is 0 Å². The summed E-state index contributed by atoms with van der Waals surface area (Å²) in [6.45, 7) is 0.472. The second kappa shape index (κ2) is 8.83. The average molecular weight is 482 g/mol. The van der Waals surface area contributed by atoms with Gasteiger partial charge in [-0.15, -0.1) is 13.2 Å². The number of hydrogen-bond donors (Lipinski definition) is 1. The van der Waals surface area contributed by atoms with Gasteiger partial charge in [0.15, 0.2) is 30.6 Å². The molecule has 5 rings (SSSR count). The molecule has 1 N–H and O–H groups in total. The number of alkyl halides is 3. The summed E-state index contributed by atoms with van der Waals surface area (Å²) in [5, 5.41) is 0. The largest absolute Gasteiger partial charge is 0.573 e. The number of nitrogens with one attached hydrogen (secondary N) is 1. The highest BCUT2D eigenvalue weighted by Gasteiger charge is 2.32. The maximum absolute atomic E-state index is 14.1. The van der Waals surface area contributed by atoms with Gasteiger partial charge in [-0.05, 0) is 23.8 Å². The molecule has 2 heterocycles. The van der Waals surface area contributed by atoms with Crippen molar-refractivity contribution >= 4 is 11.0 Å². The molecule has 0 spiro atoms. The lowest BCUT2D eigenvalue weighted by Gasteiger charge is -2.13. The number of nitrogens with zero attached hydrogens (tertiary/aromatic N) is 2. The number of aromatic amines is 1. The molecule has 0 atom stereocenters. The van der Waals surface area contributed by atoms with Crippen molar-refractivity contribution in [2.45, 2.75) is 12.9 Å². The molecule has 35 heavy (non-hydrogen) atoms. The van der Waals surface area contributed by atoms with Gasteiger partial charge >= 0.3 is 6.36 Å². The number of fused-ring (bicyclic) bond motifs is 1. The van der Waals surface area contributed by atoms with E-state index in [-0.39, 0.29) is 17.1 Å². The Labute approximate surface area is 196 Å². The highest BCUT2D eigenvalue weighted by molar-refractivity contribution is 5.77. The molecule has 0 saturated heterocycles. The van der Waals surface area contributed by atoms with Crippen LogP contribution in [0.4, 0.5) is 22.0 Å². The lowest BCUT2D eigenvalue weighted by atomic mass is 10.0. The number of benzene rings is 3. The summed E-state index contributed by atoms with van der Waals surface area (Å²) >= 11 is 0. The van der Waals surface area contributed by atoms with E-state index in [4.69, 9.17) is 0 Å². The maximum atomic E-state index is 14.1. The van der Waals surface area contributed by atoms with Crippen LogP contribution in [0.3, 0.4) is 0 Å². The molecule has 0 radical (unpaired) electrons. The molecule has 0 fully saturated rings. The predicted molar refractivity (Wildman–Crippen MR) is 119 cm³/mol. The minimum absolute atomic E-state index is 0.0399. The van der Waals surface area contributed by atoms with Crippen molar-refractivity contribution in [1.29, 1.82) is 0 Å². The topological polar surface area (TPSA) is 41.8 Å². The van der Waals surface area contributed by atoms with Crippen molar-refractivity contribution in [2.24, 2.45) is 0 Å². The molecule has 0 saturated carbocycles. The minimum atomic E-state index is -4.78. The van der Waals surface area contributed by atoms with E-state index in [9.17, 15) is 22.0 Å². The number of rotatable bonds is 5. The van der Waals surface area contributed by atoms with Gasteiger partial charge in [0.05, 0.1) is 5.56 Å². The number of para-hydroxylation sites is 1. The number of imidazole rings is 1. The summed E-state index contributed by atoms with van der Waals surface area (Å²) in [4.78, 5) is 7.36. The smallest absolute Gasteiger partial charge is 0.405 e. The van der Waals surface area contributed by atoms with Gasteiger partial charge < -0.3 is 9.72 Å². The monoisotopic (exact) mass is 482 g/mol. The van der Waals surface area contributed by atoms with Gasteiger partial charge in [-0.2, -0.15) is 4.57 Å². The molecule has 0 bridgehead atoms. The van der Waals surface area contributed by atoms with Crippen LogP contribution in [-0.2, 0) is 6.54 Å². The van der Waals surface area contributed by atoms with Crippen molar-refractivity contribution < 1.29 is 31.3 Å². The number of aromatic nitrogens is 3. The predicted octanol–water partition coefficient (Wildman–Crippen LogP) is 6.41. The van der Waals surface area contributed by atoms with Crippen LogP contribution in [0.1, 0.15) is 5.56 Å². The van der Waals surface area contributed by atoms with E-state index in [0.717, 1.165) is 11.6 Å². The van der Waals surface area contributed by atoms with Gasteiger partial charge in [0, 0.05) is 17.2 Å². The minimum Gasteiger partial charge on any atom is -0.405 e. The van der Waals surface area contributed by atoms with Crippen LogP contribution >= 0.6 is 0 Å². The summed E-state index contributed by atoms with van der Waals surface area (Å²) in [6.07, 6.45) is -1.18. The summed E-state index contributed by atoms with van der Waals surface area (Å²) in [5.74, 6) is -1.97. The summed E-state index contributed by atoms with van der Waals surface area (Å²) in [5.41, 5.74) is 3.10. The molecule has 3 aromatic carbocycles. The summed E-state index contributed by atoms with van der Waals surface area (Å²) < 4.78 is 71.9. The van der Waals surface area contributed by atoms with E-state index in [0.29, 0.717) is 28.7 Å². The first-order valence-electron chi connectivity index (χ1n) is 10.5. The zero-order chi connectivity index (χ0) is 24.6. The molecule has 0 aliphatic heterocycles. The van der Waals surface area contributed by atoms with Gasteiger partial charge in [-0.1, -0.05) is 48.5 Å². The van der Waals surface area contributed by atoms with Crippen LogP contribution in [0.5, 0.6) is 5.75 Å². The van der Waals surface area contributed by atoms with Crippen LogP contribution in [0.25, 0.3) is 33.5 Å². The van der Waals surface area contributed by atoms with Gasteiger partial charge in [0.2, 0.25) is 0 Å². The second-order valence-electron chi connectivity index (χ2n) is 7.84. The number of halogens is 5. The normalized spacial score (nSPS) is 11.7. The molecule has 176 valence electrons. The van der Waals surface area contributed by atoms with Crippen molar-refractivity contribution in [3.8, 4) is 28.3 Å². The molecule has 0 aliphatic carbocycles. The molecule has 5 aromatic rings. The van der Waals surface area contributed by atoms with E-state index in [1.807, 2.05) is 16.7 Å². The molecule has 2 aromatic heterocycles. The number of H-pyrrole nitrogens is 1. The third-order valence-corrected chi connectivity index (χ3v) is 5.43. The first kappa shape index (κ1) is 22.5. The number of pyridine rings is 1. The zero-order valence-corrected chi connectivity index (χ0v) is 18.0. The van der Waals surface area contributed by atoms with Crippen molar-refractivity contribution in [3.05, 3.63) is 102 Å². The highest BCUT2D eigenvalue weighted by Crippen LogP contribution is 2.33. The van der Waals surface area contributed by atoms with Crippen molar-refractivity contribution in [3.63, 3.8) is 0 Å². The standard InChI is InChI=1S/C26H16F5N3O/c27-20-6-3-5-19(24(20)28)25-32-21-12-13-34(15-22(21)33-25)14-16-8-10-17(11-9-16)18-4-1-2-7-23(18)35-26(29,30)31/h1-13,15H,14H2/p+1. The highest BCUT2D eigenvalue weighted by atomic mass is 19.4. The molecule has 0 amide bonds.